The molecule has 118 valence electrons. The van der Waals surface area contributed by atoms with Crippen molar-refractivity contribution in [2.24, 2.45) is 11.3 Å². The largest absolute Gasteiger partial charge is 0.474 e. The molecule has 1 amide bonds. The lowest BCUT2D eigenvalue weighted by atomic mass is 9.89. The van der Waals surface area contributed by atoms with Gasteiger partial charge >= 0.3 is 0 Å². The van der Waals surface area contributed by atoms with Crippen LogP contribution in [0.1, 0.15) is 54.9 Å². The van der Waals surface area contributed by atoms with Gasteiger partial charge < -0.3 is 15.4 Å². The second-order valence-corrected chi connectivity index (χ2v) is 7.53. The lowest BCUT2D eigenvalue weighted by Gasteiger charge is -2.28. The van der Waals surface area contributed by atoms with Gasteiger partial charge in [-0.1, -0.05) is 27.7 Å². The van der Waals surface area contributed by atoms with Crippen molar-refractivity contribution >= 4 is 5.91 Å². The van der Waals surface area contributed by atoms with Gasteiger partial charge in [-0.3, -0.25) is 4.79 Å². The summed E-state index contributed by atoms with van der Waals surface area (Å²) < 4.78 is 5.61. The molecule has 0 aliphatic heterocycles. The highest BCUT2D eigenvalue weighted by Crippen LogP contribution is 2.20. The van der Waals surface area contributed by atoms with Crippen molar-refractivity contribution in [1.82, 2.24) is 10.6 Å². The molecule has 4 nitrogen and oxygen atoms in total. The normalized spacial score (nSPS) is 12.2. The molecule has 0 aliphatic rings. The monoisotopic (exact) mass is 284 g/mol. The molecule has 0 unspecified atom stereocenters. The molecule has 0 atom stereocenters. The molecule has 0 aromatic rings. The average molecular weight is 284 g/mol. The summed E-state index contributed by atoms with van der Waals surface area (Å²) in [6, 6.07) is 0. The molecular weight excluding hydrogens is 252 g/mol. The third-order valence-electron chi connectivity index (χ3n) is 2.54. The molecule has 0 aromatic carbocycles. The van der Waals surface area contributed by atoms with Gasteiger partial charge in [-0.05, 0) is 38.7 Å². The fourth-order valence-electron chi connectivity index (χ4n) is 1.62. The Labute approximate surface area is 124 Å². The first-order valence-electron chi connectivity index (χ1n) is 7.30. The summed E-state index contributed by atoms with van der Waals surface area (Å²) in [7, 11) is 0. The lowest BCUT2D eigenvalue weighted by molar-refractivity contribution is -0.123. The molecular formula is C16H32N2O2. The van der Waals surface area contributed by atoms with Crippen molar-refractivity contribution in [3.8, 4) is 0 Å². The highest BCUT2D eigenvalue weighted by atomic mass is 16.5. The summed E-state index contributed by atoms with van der Waals surface area (Å²) in [6.07, 6.45) is 0.482. The molecule has 0 spiro atoms. The number of ether oxygens (including phenoxy) is 1. The third kappa shape index (κ3) is 10.7. The van der Waals surface area contributed by atoms with Crippen LogP contribution in [-0.2, 0) is 9.53 Å². The van der Waals surface area contributed by atoms with Crippen LogP contribution < -0.4 is 10.6 Å². The zero-order valence-corrected chi connectivity index (χ0v) is 14.2. The minimum absolute atomic E-state index is 0.0906. The lowest BCUT2D eigenvalue weighted by Crippen LogP contribution is -2.37. The first kappa shape index (κ1) is 18.8. The number of hydrogen-bond donors (Lipinski definition) is 2. The number of nitrogens with one attached hydrogen (secondary N) is 2. The van der Waals surface area contributed by atoms with Gasteiger partial charge in [0, 0.05) is 19.5 Å². The smallest absolute Gasteiger partial charge is 0.220 e. The van der Waals surface area contributed by atoms with E-state index in [-0.39, 0.29) is 16.9 Å². The highest BCUT2D eigenvalue weighted by Gasteiger charge is 2.23. The summed E-state index contributed by atoms with van der Waals surface area (Å²) >= 11 is 0. The summed E-state index contributed by atoms with van der Waals surface area (Å²) in [4.78, 5) is 11.8. The molecule has 0 saturated heterocycles. The molecule has 20 heavy (non-hydrogen) atoms. The van der Waals surface area contributed by atoms with E-state index in [0.717, 1.165) is 6.54 Å². The molecule has 0 bridgehead atoms. The van der Waals surface area contributed by atoms with E-state index in [2.05, 4.69) is 44.9 Å². The maximum absolute atomic E-state index is 11.8. The number of amides is 1. The molecule has 0 radical (unpaired) electrons. The second kappa shape index (κ2) is 7.55. The zero-order valence-electron chi connectivity index (χ0n) is 14.2. The van der Waals surface area contributed by atoms with E-state index >= 15 is 0 Å². The van der Waals surface area contributed by atoms with E-state index in [1.807, 2.05) is 20.8 Å². The van der Waals surface area contributed by atoms with E-state index in [1.165, 1.54) is 0 Å². The summed E-state index contributed by atoms with van der Waals surface area (Å²) in [6.45, 7) is 19.4. The van der Waals surface area contributed by atoms with Crippen LogP contribution in [-0.4, -0.2) is 24.6 Å². The Morgan fingerprint density at radius 2 is 1.70 bits per heavy atom. The molecule has 0 saturated carbocycles. The van der Waals surface area contributed by atoms with Crippen molar-refractivity contribution in [3.63, 3.8) is 0 Å². The van der Waals surface area contributed by atoms with Crippen LogP contribution in [0.25, 0.3) is 0 Å². The van der Waals surface area contributed by atoms with Crippen LogP contribution in [0.4, 0.5) is 0 Å². The molecule has 0 rings (SSSR count). The molecule has 0 fully saturated rings. The molecule has 4 heteroatoms. The average Bonchev–Trinajstić information content (AvgIpc) is 2.21. The number of hydrogen-bond acceptors (Lipinski definition) is 3. The van der Waals surface area contributed by atoms with E-state index in [0.29, 0.717) is 24.8 Å². The Kier molecular flexibility index (Phi) is 7.11. The van der Waals surface area contributed by atoms with Crippen LogP contribution in [0.3, 0.4) is 0 Å². The summed E-state index contributed by atoms with van der Waals surface area (Å²) in [5.41, 5.74) is -0.409. The predicted molar refractivity (Wildman–Crippen MR) is 84.2 cm³/mol. The van der Waals surface area contributed by atoms with Gasteiger partial charge in [-0.15, -0.1) is 0 Å². The van der Waals surface area contributed by atoms with E-state index in [4.69, 9.17) is 4.74 Å². The molecule has 2 N–H and O–H groups in total. The standard InChI is InChI=1S/C16H32N2O2/c1-12(2)10-17-14(19)9-16(7,8)11-18-13(3)20-15(4,5)6/h12,18H,3,9-11H2,1-2,4-8H3,(H,17,19). The Bertz CT molecular complexity index is 328. The SMILES string of the molecule is C=C(NCC(C)(C)CC(=O)NCC(C)C)OC(C)(C)C. The van der Waals surface area contributed by atoms with E-state index in [1.54, 1.807) is 0 Å². The van der Waals surface area contributed by atoms with Gasteiger partial charge in [0.1, 0.15) is 5.60 Å². The molecule has 0 heterocycles. The fraction of sp³-hybridized carbons (Fsp3) is 0.812. The van der Waals surface area contributed by atoms with Crippen molar-refractivity contribution in [2.45, 2.75) is 60.5 Å². The second-order valence-electron chi connectivity index (χ2n) is 7.53. The van der Waals surface area contributed by atoms with E-state index < -0.39 is 0 Å². The fourth-order valence-corrected chi connectivity index (χ4v) is 1.62. The van der Waals surface area contributed by atoms with Crippen molar-refractivity contribution in [3.05, 3.63) is 12.5 Å². The van der Waals surface area contributed by atoms with Gasteiger partial charge in [-0.25, -0.2) is 0 Å². The van der Waals surface area contributed by atoms with Crippen LogP contribution in [0, 0.1) is 11.3 Å². The minimum atomic E-state index is -0.261. The van der Waals surface area contributed by atoms with Crippen molar-refractivity contribution < 1.29 is 9.53 Å². The first-order chi connectivity index (χ1) is 8.91. The molecule has 0 aliphatic carbocycles. The van der Waals surface area contributed by atoms with Crippen molar-refractivity contribution in [1.29, 1.82) is 0 Å². The van der Waals surface area contributed by atoms with Gasteiger partial charge in [0.2, 0.25) is 5.91 Å². The predicted octanol–water partition coefficient (Wildman–Crippen LogP) is 3.05. The minimum Gasteiger partial charge on any atom is -0.474 e. The topological polar surface area (TPSA) is 50.4 Å². The van der Waals surface area contributed by atoms with Crippen LogP contribution in [0.5, 0.6) is 0 Å². The Balaban J connectivity index is 4.12. The first-order valence-corrected chi connectivity index (χ1v) is 7.30. The number of rotatable bonds is 8. The van der Waals surface area contributed by atoms with Gasteiger partial charge in [0.05, 0.1) is 0 Å². The Hall–Kier alpha value is -1.19. The maximum Gasteiger partial charge on any atom is 0.220 e. The van der Waals surface area contributed by atoms with Gasteiger partial charge in [-0.2, -0.15) is 0 Å². The van der Waals surface area contributed by atoms with Crippen LogP contribution >= 0.6 is 0 Å². The molecule has 0 aromatic heterocycles. The maximum atomic E-state index is 11.8. The highest BCUT2D eigenvalue weighted by molar-refractivity contribution is 5.76. The third-order valence-corrected chi connectivity index (χ3v) is 2.54. The number of carbonyl (C=O) groups excluding carboxylic acids is 1. The summed E-state index contributed by atoms with van der Waals surface area (Å²) in [5, 5.41) is 6.10. The summed E-state index contributed by atoms with van der Waals surface area (Å²) in [5.74, 6) is 1.11. The zero-order chi connectivity index (χ0) is 16.0. The Morgan fingerprint density at radius 3 is 2.15 bits per heavy atom. The quantitative estimate of drug-likeness (QED) is 0.674. The van der Waals surface area contributed by atoms with Crippen LogP contribution in [0.15, 0.2) is 12.5 Å². The van der Waals surface area contributed by atoms with Crippen LogP contribution in [0.2, 0.25) is 0 Å². The van der Waals surface area contributed by atoms with Gasteiger partial charge in [0.25, 0.3) is 0 Å². The number of carbonyl (C=O) groups is 1. The van der Waals surface area contributed by atoms with Gasteiger partial charge in [0.15, 0.2) is 5.88 Å². The van der Waals surface area contributed by atoms with Crippen molar-refractivity contribution in [2.75, 3.05) is 13.1 Å². The Morgan fingerprint density at radius 1 is 1.15 bits per heavy atom. The van der Waals surface area contributed by atoms with E-state index in [9.17, 15) is 4.79 Å².